The van der Waals surface area contributed by atoms with Crippen LogP contribution in [-0.4, -0.2) is 59.7 Å². The molecule has 0 spiro atoms. The number of ether oxygens (including phenoxy) is 1. The van der Waals surface area contributed by atoms with Crippen molar-refractivity contribution in [3.63, 3.8) is 0 Å². The van der Waals surface area contributed by atoms with Crippen molar-refractivity contribution < 1.29 is 19.4 Å². The van der Waals surface area contributed by atoms with Crippen molar-refractivity contribution in [1.29, 1.82) is 0 Å². The molecule has 0 radical (unpaired) electrons. The van der Waals surface area contributed by atoms with Crippen LogP contribution >= 0.6 is 11.6 Å². The predicted octanol–water partition coefficient (Wildman–Crippen LogP) is 7.35. The van der Waals surface area contributed by atoms with Crippen molar-refractivity contribution in [2.45, 2.75) is 70.8 Å². The Morgan fingerprint density at radius 1 is 1.05 bits per heavy atom. The number of aryl methyl sites for hydroxylation is 1. The maximum Gasteiger partial charge on any atom is 0.329 e. The molecular formula is C34H42ClN3O4. The summed E-state index contributed by atoms with van der Waals surface area (Å²) in [6.45, 7) is 7.78. The van der Waals surface area contributed by atoms with Crippen molar-refractivity contribution in [2.24, 2.45) is 0 Å². The Morgan fingerprint density at radius 3 is 2.45 bits per heavy atom. The molecule has 7 nitrogen and oxygen atoms in total. The second-order valence-corrected chi connectivity index (χ2v) is 12.3. The molecule has 0 unspecified atom stereocenters. The van der Waals surface area contributed by atoms with E-state index in [4.69, 9.17) is 21.3 Å². The number of nitrogens with one attached hydrogen (secondary N) is 1. The number of carboxylic acid groups (broad SMARTS) is 1. The van der Waals surface area contributed by atoms with E-state index in [1.54, 1.807) is 12.1 Å². The number of amides is 1. The maximum absolute atomic E-state index is 13.5. The summed E-state index contributed by atoms with van der Waals surface area (Å²) in [6.07, 6.45) is 4.15. The third kappa shape index (κ3) is 7.31. The minimum absolute atomic E-state index is 0.168. The predicted molar refractivity (Wildman–Crippen MR) is 169 cm³/mol. The number of benzene rings is 2. The van der Waals surface area contributed by atoms with Crippen molar-refractivity contribution in [3.8, 4) is 28.1 Å². The Hall–Kier alpha value is -3.42. The van der Waals surface area contributed by atoms with Crippen LogP contribution in [0.15, 0.2) is 48.5 Å². The van der Waals surface area contributed by atoms with Crippen molar-refractivity contribution in [3.05, 3.63) is 70.4 Å². The van der Waals surface area contributed by atoms with Crippen LogP contribution in [0.3, 0.4) is 0 Å². The smallest absolute Gasteiger partial charge is 0.329 e. The molecule has 42 heavy (non-hydrogen) atoms. The monoisotopic (exact) mass is 591 g/mol. The molecule has 0 atom stereocenters. The summed E-state index contributed by atoms with van der Waals surface area (Å²) in [7, 11) is 4.04. The zero-order valence-electron chi connectivity index (χ0n) is 25.3. The van der Waals surface area contributed by atoms with E-state index in [1.807, 2.05) is 32.3 Å². The fourth-order valence-electron chi connectivity index (χ4n) is 5.47. The fourth-order valence-corrected chi connectivity index (χ4v) is 5.64. The molecule has 1 fully saturated rings. The molecule has 1 aliphatic carbocycles. The molecule has 0 bridgehead atoms. The van der Waals surface area contributed by atoms with Gasteiger partial charge < -0.3 is 20.1 Å². The Morgan fingerprint density at radius 2 is 1.79 bits per heavy atom. The van der Waals surface area contributed by atoms with Gasteiger partial charge in [-0.2, -0.15) is 0 Å². The van der Waals surface area contributed by atoms with Gasteiger partial charge in [-0.1, -0.05) is 69.0 Å². The maximum atomic E-state index is 13.5. The average molecular weight is 592 g/mol. The van der Waals surface area contributed by atoms with Gasteiger partial charge in [0.15, 0.2) is 0 Å². The summed E-state index contributed by atoms with van der Waals surface area (Å²) in [5, 5.41) is 13.4. The Bertz CT molecular complexity index is 1430. The van der Waals surface area contributed by atoms with Crippen LogP contribution in [0.1, 0.15) is 79.9 Å². The van der Waals surface area contributed by atoms with E-state index < -0.39 is 17.4 Å². The summed E-state index contributed by atoms with van der Waals surface area (Å²) in [6, 6.07) is 15.5. The number of hydrogen-bond donors (Lipinski definition) is 2. The van der Waals surface area contributed by atoms with Gasteiger partial charge in [-0.25, -0.2) is 9.78 Å². The van der Waals surface area contributed by atoms with Gasteiger partial charge in [0.25, 0.3) is 5.91 Å². The van der Waals surface area contributed by atoms with Crippen LogP contribution in [0.4, 0.5) is 0 Å². The average Bonchev–Trinajstić information content (AvgIpc) is 2.96. The highest BCUT2D eigenvalue weighted by Gasteiger charge is 2.41. The van der Waals surface area contributed by atoms with E-state index in [-0.39, 0.29) is 5.69 Å². The molecule has 8 heteroatoms. The quantitative estimate of drug-likeness (QED) is 0.227. The minimum Gasteiger partial charge on any atom is -0.492 e. The van der Waals surface area contributed by atoms with E-state index in [9.17, 15) is 14.7 Å². The number of hydrogen-bond acceptors (Lipinski definition) is 5. The third-order valence-electron chi connectivity index (χ3n) is 8.03. The lowest BCUT2D eigenvalue weighted by Gasteiger charge is -2.33. The molecule has 3 aromatic rings. The molecular weight excluding hydrogens is 550 g/mol. The number of aliphatic carboxylic acids is 1. The number of halogens is 1. The molecule has 1 aromatic heterocycles. The van der Waals surface area contributed by atoms with Crippen molar-refractivity contribution in [2.75, 3.05) is 27.2 Å². The normalized spacial score (nSPS) is 14.7. The molecule has 2 aromatic carbocycles. The van der Waals surface area contributed by atoms with Crippen LogP contribution in [-0.2, 0) is 4.79 Å². The number of carbonyl (C=O) groups excluding carboxylic acids is 1. The summed E-state index contributed by atoms with van der Waals surface area (Å²) in [4.78, 5) is 32.7. The molecule has 224 valence electrons. The number of carbonyl (C=O) groups is 2. The third-order valence-corrected chi connectivity index (χ3v) is 8.34. The second kappa shape index (κ2) is 13.7. The molecule has 1 heterocycles. The first kappa shape index (κ1) is 31.5. The summed E-state index contributed by atoms with van der Waals surface area (Å²) >= 11 is 6.52. The zero-order chi connectivity index (χ0) is 30.4. The zero-order valence-corrected chi connectivity index (χ0v) is 26.1. The van der Waals surface area contributed by atoms with Gasteiger partial charge in [0.05, 0.1) is 17.3 Å². The number of pyridine rings is 1. The van der Waals surface area contributed by atoms with Gasteiger partial charge in [0.2, 0.25) is 0 Å². The van der Waals surface area contributed by atoms with Gasteiger partial charge in [0, 0.05) is 17.7 Å². The van der Waals surface area contributed by atoms with E-state index >= 15 is 0 Å². The van der Waals surface area contributed by atoms with Gasteiger partial charge in [-0.05, 0) is 87.2 Å². The van der Waals surface area contributed by atoms with Crippen LogP contribution in [0, 0.1) is 6.92 Å². The van der Waals surface area contributed by atoms with Crippen LogP contribution in [0.2, 0.25) is 5.02 Å². The lowest BCUT2D eigenvalue weighted by atomic mass is 9.81. The van der Waals surface area contributed by atoms with E-state index in [0.29, 0.717) is 41.8 Å². The topological polar surface area (TPSA) is 91.8 Å². The highest BCUT2D eigenvalue weighted by atomic mass is 35.5. The Balaban J connectivity index is 1.78. The second-order valence-electron chi connectivity index (χ2n) is 11.9. The molecule has 1 amide bonds. The van der Waals surface area contributed by atoms with Crippen molar-refractivity contribution >= 4 is 23.5 Å². The van der Waals surface area contributed by atoms with E-state index in [1.165, 1.54) is 5.56 Å². The lowest BCUT2D eigenvalue weighted by Crippen LogP contribution is -2.55. The Kier molecular flexibility index (Phi) is 10.3. The first-order chi connectivity index (χ1) is 20.0. The fraction of sp³-hybridized carbons (Fsp3) is 0.441. The summed E-state index contributed by atoms with van der Waals surface area (Å²) in [5.41, 5.74) is 4.44. The first-order valence-corrected chi connectivity index (χ1v) is 15.1. The SMILES string of the molecule is Cc1ccc(C(C)C)cc1-c1ccc(C(=O)NC2(C(=O)O)CCCCC2)nc1-c1ccc(Cl)c(OCCCN(C)C)c1. The van der Waals surface area contributed by atoms with E-state index in [0.717, 1.165) is 54.5 Å². The van der Waals surface area contributed by atoms with Gasteiger partial charge in [-0.15, -0.1) is 0 Å². The van der Waals surface area contributed by atoms with Crippen LogP contribution in [0.5, 0.6) is 5.75 Å². The molecule has 1 saturated carbocycles. The van der Waals surface area contributed by atoms with Crippen molar-refractivity contribution in [1.82, 2.24) is 15.2 Å². The highest BCUT2D eigenvalue weighted by molar-refractivity contribution is 6.32. The standard InChI is InChI=1S/C34H42ClN3O4/c1-22(2)24-11-10-23(3)27(20-24)26-13-15-29(32(39)37-34(33(40)41)16-7-6-8-17-34)36-31(26)25-12-14-28(35)30(21-25)42-19-9-18-38(4)5/h10-15,20-22H,6-9,16-19H2,1-5H3,(H,37,39)(H,40,41). The molecule has 4 rings (SSSR count). The molecule has 1 aliphatic rings. The number of nitrogens with zero attached hydrogens (tertiary/aromatic N) is 2. The molecule has 2 N–H and O–H groups in total. The lowest BCUT2D eigenvalue weighted by molar-refractivity contribution is -0.145. The molecule has 0 saturated heterocycles. The first-order valence-electron chi connectivity index (χ1n) is 14.8. The van der Waals surface area contributed by atoms with Gasteiger partial charge in [0.1, 0.15) is 17.0 Å². The van der Waals surface area contributed by atoms with Crippen LogP contribution < -0.4 is 10.1 Å². The Labute approximate surface area is 254 Å². The van der Waals surface area contributed by atoms with Gasteiger partial charge in [-0.3, -0.25) is 4.79 Å². The number of carboxylic acids is 1. The minimum atomic E-state index is -1.27. The van der Waals surface area contributed by atoms with E-state index in [2.05, 4.69) is 49.2 Å². The van der Waals surface area contributed by atoms with Gasteiger partial charge >= 0.3 is 5.97 Å². The summed E-state index contributed by atoms with van der Waals surface area (Å²) in [5.74, 6) is -0.599. The highest BCUT2D eigenvalue weighted by Crippen LogP contribution is 2.38. The largest absolute Gasteiger partial charge is 0.492 e. The number of rotatable bonds is 11. The summed E-state index contributed by atoms with van der Waals surface area (Å²) < 4.78 is 6.06. The van der Waals surface area contributed by atoms with Crippen LogP contribution in [0.25, 0.3) is 22.4 Å². The molecule has 0 aliphatic heterocycles. The number of aromatic nitrogens is 1.